The van der Waals surface area contributed by atoms with Crippen molar-refractivity contribution in [1.29, 1.82) is 0 Å². The zero-order chi connectivity index (χ0) is 27.6. The maximum atomic E-state index is 12.5. The Morgan fingerprint density at radius 1 is 1.11 bits per heavy atom. The van der Waals surface area contributed by atoms with Gasteiger partial charge in [0.05, 0.1) is 17.6 Å². The van der Waals surface area contributed by atoms with Gasteiger partial charge >= 0.3 is 12.0 Å². The summed E-state index contributed by atoms with van der Waals surface area (Å²) >= 11 is 0. The summed E-state index contributed by atoms with van der Waals surface area (Å²) in [5.41, 5.74) is 5.99. The maximum Gasteiger partial charge on any atom is 0.329 e. The number of nitrogens with two attached hydrogens (primary N) is 1. The summed E-state index contributed by atoms with van der Waals surface area (Å²) in [7, 11) is -4.27. The van der Waals surface area contributed by atoms with Crippen LogP contribution in [0.5, 0.6) is 0 Å². The highest BCUT2D eigenvalue weighted by Crippen LogP contribution is 2.13. The van der Waals surface area contributed by atoms with Gasteiger partial charge in [0.2, 0.25) is 17.7 Å². The minimum Gasteiger partial charge on any atom is -0.480 e. The van der Waals surface area contributed by atoms with Crippen molar-refractivity contribution >= 4 is 39.7 Å². The molecule has 0 bridgehead atoms. The Hall–Kier alpha value is -4.47. The van der Waals surface area contributed by atoms with E-state index in [0.717, 1.165) is 0 Å². The van der Waals surface area contributed by atoms with Crippen LogP contribution in [0.2, 0.25) is 0 Å². The second-order valence-corrected chi connectivity index (χ2v) is 9.50. The molecule has 0 radical (unpaired) electrons. The topological polar surface area (TPSA) is 243 Å². The number of carboxylic acids is 1. The molecule has 0 aliphatic heterocycles. The quantitative estimate of drug-likeness (QED) is 0.153. The lowest BCUT2D eigenvalue weighted by Crippen LogP contribution is -2.52. The summed E-state index contributed by atoms with van der Waals surface area (Å²) in [5, 5.41) is 16.0. The maximum absolute atomic E-state index is 12.5. The fraction of sp³-hybridized carbons (Fsp3) is 0.333. The Morgan fingerprint density at radius 3 is 2.41 bits per heavy atom. The van der Waals surface area contributed by atoms with E-state index < -0.39 is 58.2 Å². The van der Waals surface area contributed by atoms with Gasteiger partial charge in [-0.15, -0.1) is 0 Å². The Kier molecular flexibility index (Phi) is 10.1. The van der Waals surface area contributed by atoms with Crippen LogP contribution in [-0.2, 0) is 35.6 Å². The first-order valence-corrected chi connectivity index (χ1v) is 12.3. The SMILES string of the molecule is Cc1ccccc1S(=O)(=O)NC(=O)N[C@@H](CC(N)=O)C(=O)NCCC(=O)N[C@@H](Cc1cnc[nH]1)C(=O)O. The molecule has 0 spiro atoms. The van der Waals surface area contributed by atoms with Gasteiger partial charge in [0.15, 0.2) is 0 Å². The van der Waals surface area contributed by atoms with Crippen molar-refractivity contribution in [2.75, 3.05) is 6.54 Å². The van der Waals surface area contributed by atoms with Gasteiger partial charge in [-0.05, 0) is 18.6 Å². The number of carbonyl (C=O) groups excluding carboxylic acids is 4. The number of amides is 5. The van der Waals surface area contributed by atoms with Crippen LogP contribution in [0.4, 0.5) is 4.79 Å². The summed E-state index contributed by atoms with van der Waals surface area (Å²) < 4.78 is 26.7. The molecular weight excluding hydrogens is 510 g/mol. The molecule has 1 aromatic carbocycles. The second kappa shape index (κ2) is 13.0. The number of hydrogen-bond donors (Lipinski definition) is 7. The predicted molar refractivity (Wildman–Crippen MR) is 127 cm³/mol. The number of nitrogens with one attached hydrogen (secondary N) is 5. The van der Waals surface area contributed by atoms with E-state index in [-0.39, 0.29) is 24.3 Å². The van der Waals surface area contributed by atoms with Crippen LogP contribution in [0.3, 0.4) is 0 Å². The third-order valence-electron chi connectivity index (χ3n) is 4.90. The molecule has 0 fully saturated rings. The molecule has 1 aromatic heterocycles. The van der Waals surface area contributed by atoms with Crippen molar-refractivity contribution in [3.05, 3.63) is 48.0 Å². The summed E-state index contributed by atoms with van der Waals surface area (Å²) in [5.74, 6) is -3.83. The van der Waals surface area contributed by atoms with E-state index in [4.69, 9.17) is 5.73 Å². The van der Waals surface area contributed by atoms with Crippen molar-refractivity contribution < 1.29 is 37.5 Å². The highest BCUT2D eigenvalue weighted by molar-refractivity contribution is 7.90. The second-order valence-electron chi connectivity index (χ2n) is 7.85. The van der Waals surface area contributed by atoms with Crippen LogP contribution >= 0.6 is 0 Å². The third-order valence-corrected chi connectivity index (χ3v) is 6.39. The molecule has 0 saturated heterocycles. The molecule has 2 atom stereocenters. The monoisotopic (exact) mass is 537 g/mol. The summed E-state index contributed by atoms with van der Waals surface area (Å²) in [6.07, 6.45) is 1.76. The zero-order valence-corrected chi connectivity index (χ0v) is 20.5. The molecule has 2 aromatic rings. The number of H-pyrrole nitrogens is 1. The molecule has 0 unspecified atom stereocenters. The Morgan fingerprint density at radius 2 is 1.81 bits per heavy atom. The minimum atomic E-state index is -4.27. The first-order valence-electron chi connectivity index (χ1n) is 10.8. The molecule has 2 rings (SSSR count). The molecule has 0 saturated carbocycles. The molecule has 1 heterocycles. The van der Waals surface area contributed by atoms with Gasteiger partial charge in [-0.25, -0.2) is 27.7 Å². The van der Waals surface area contributed by atoms with Gasteiger partial charge in [-0.3, -0.25) is 14.4 Å². The van der Waals surface area contributed by atoms with E-state index in [2.05, 4.69) is 25.9 Å². The number of aryl methyl sites for hydroxylation is 1. The van der Waals surface area contributed by atoms with E-state index in [0.29, 0.717) is 11.3 Å². The fourth-order valence-electron chi connectivity index (χ4n) is 3.14. The number of hydrogen-bond acceptors (Lipinski definition) is 8. The molecule has 37 heavy (non-hydrogen) atoms. The molecule has 0 aliphatic rings. The Bertz CT molecular complexity index is 1250. The van der Waals surface area contributed by atoms with Crippen LogP contribution in [0, 0.1) is 6.92 Å². The first kappa shape index (κ1) is 28.8. The minimum absolute atomic E-state index is 0.0431. The molecule has 0 aliphatic carbocycles. The average Bonchev–Trinajstić information content (AvgIpc) is 3.30. The Balaban J connectivity index is 1.91. The number of urea groups is 1. The van der Waals surface area contributed by atoms with Crippen LogP contribution < -0.4 is 26.4 Å². The van der Waals surface area contributed by atoms with Crippen LogP contribution in [0.25, 0.3) is 0 Å². The average molecular weight is 538 g/mol. The fourth-order valence-corrected chi connectivity index (χ4v) is 4.30. The summed E-state index contributed by atoms with van der Waals surface area (Å²) in [6.45, 7) is 1.25. The van der Waals surface area contributed by atoms with Gasteiger partial charge in [0, 0.05) is 31.3 Å². The van der Waals surface area contributed by atoms with Crippen LogP contribution in [-0.4, -0.2) is 71.8 Å². The number of aliphatic carboxylic acids is 1. The molecule has 16 heteroatoms. The number of aromatic amines is 1. The van der Waals surface area contributed by atoms with E-state index in [9.17, 15) is 37.5 Å². The lowest BCUT2D eigenvalue weighted by molar-refractivity contribution is -0.141. The number of sulfonamides is 1. The smallest absolute Gasteiger partial charge is 0.329 e. The standard InChI is InChI=1S/C21H27N7O8S/c1-12-4-2-3-5-16(12)37(35,36)28-21(34)27-14(9-17(22)29)19(31)24-7-6-18(30)26-15(20(32)33)8-13-10-23-11-25-13/h2-5,10-11,14-15H,6-9H2,1H3,(H2,22,29)(H,23,25)(H,24,31)(H,26,30)(H,32,33)(H2,27,28,34)/t14-,15-/m0/s1. The van der Waals surface area contributed by atoms with Crippen molar-refractivity contribution in [3.8, 4) is 0 Å². The number of carboxylic acid groups (broad SMARTS) is 1. The summed E-state index contributed by atoms with van der Waals surface area (Å²) in [6, 6.07) is 1.84. The number of carbonyl (C=O) groups is 5. The van der Waals surface area contributed by atoms with Gasteiger partial charge < -0.3 is 31.8 Å². The van der Waals surface area contributed by atoms with Crippen molar-refractivity contribution in [2.45, 2.75) is 43.2 Å². The van der Waals surface area contributed by atoms with Crippen molar-refractivity contribution in [2.24, 2.45) is 5.73 Å². The Labute approximate surface area is 211 Å². The van der Waals surface area contributed by atoms with Gasteiger partial charge in [0.25, 0.3) is 10.0 Å². The number of benzene rings is 1. The van der Waals surface area contributed by atoms with E-state index >= 15 is 0 Å². The molecule has 200 valence electrons. The largest absolute Gasteiger partial charge is 0.480 e. The number of aromatic nitrogens is 2. The van der Waals surface area contributed by atoms with Crippen molar-refractivity contribution in [1.82, 2.24) is 30.6 Å². The lowest BCUT2D eigenvalue weighted by atomic mass is 10.1. The lowest BCUT2D eigenvalue weighted by Gasteiger charge is -2.18. The predicted octanol–water partition coefficient (Wildman–Crippen LogP) is -1.73. The van der Waals surface area contributed by atoms with Crippen LogP contribution in [0.1, 0.15) is 24.1 Å². The highest BCUT2D eigenvalue weighted by atomic mass is 32.2. The van der Waals surface area contributed by atoms with Crippen molar-refractivity contribution in [3.63, 3.8) is 0 Å². The number of nitrogens with zero attached hydrogens (tertiary/aromatic N) is 1. The van der Waals surface area contributed by atoms with Gasteiger partial charge in [0.1, 0.15) is 12.1 Å². The highest BCUT2D eigenvalue weighted by Gasteiger charge is 2.26. The third kappa shape index (κ3) is 9.25. The van der Waals surface area contributed by atoms with Gasteiger partial charge in [-0.2, -0.15) is 0 Å². The normalized spacial score (nSPS) is 12.6. The van der Waals surface area contributed by atoms with E-state index in [1.54, 1.807) is 10.8 Å². The number of primary amides is 1. The summed E-state index contributed by atoms with van der Waals surface area (Å²) in [4.78, 5) is 66.0. The molecule has 15 nitrogen and oxygen atoms in total. The van der Waals surface area contributed by atoms with Gasteiger partial charge in [-0.1, -0.05) is 18.2 Å². The van der Waals surface area contributed by atoms with E-state index in [1.165, 1.54) is 37.6 Å². The molecule has 5 amide bonds. The molecule has 8 N–H and O–H groups in total. The number of imidazole rings is 1. The number of rotatable bonds is 13. The zero-order valence-electron chi connectivity index (χ0n) is 19.7. The first-order chi connectivity index (χ1) is 17.4. The van der Waals surface area contributed by atoms with Crippen LogP contribution in [0.15, 0.2) is 41.7 Å². The molecular formula is C21H27N7O8S. The van der Waals surface area contributed by atoms with E-state index in [1.807, 2.05) is 0 Å².